The van der Waals surface area contributed by atoms with Gasteiger partial charge in [0.2, 0.25) is 0 Å². The maximum absolute atomic E-state index is 10.0. The minimum atomic E-state index is -0.204. The number of piperazine rings is 1. The summed E-state index contributed by atoms with van der Waals surface area (Å²) < 4.78 is 0. The van der Waals surface area contributed by atoms with E-state index in [2.05, 4.69) is 34.1 Å². The van der Waals surface area contributed by atoms with Crippen LogP contribution in [0.1, 0.15) is 29.9 Å². The van der Waals surface area contributed by atoms with Gasteiger partial charge in [-0.15, -0.1) is 0 Å². The molecule has 0 amide bonds. The van der Waals surface area contributed by atoms with E-state index in [9.17, 15) is 5.11 Å². The van der Waals surface area contributed by atoms with E-state index < -0.39 is 0 Å². The smallest absolute Gasteiger partial charge is 0.153 e. The Morgan fingerprint density at radius 2 is 1.72 bits per heavy atom. The van der Waals surface area contributed by atoms with Crippen LogP contribution >= 0.6 is 23.2 Å². The number of aliphatic hydroxyl groups is 1. The molecule has 3 N–H and O–H groups in total. The van der Waals surface area contributed by atoms with E-state index in [1.165, 1.54) is 5.69 Å². The summed E-state index contributed by atoms with van der Waals surface area (Å²) in [6.07, 6.45) is 0. The highest BCUT2D eigenvalue weighted by Crippen LogP contribution is 2.35. The zero-order valence-electron chi connectivity index (χ0n) is 18.2. The molecule has 1 fully saturated rings. The number of anilines is 2. The Bertz CT molecular complexity index is 1110. The molecule has 3 aromatic rings. The molecule has 0 radical (unpaired) electrons. The van der Waals surface area contributed by atoms with E-state index in [1.807, 2.05) is 26.0 Å². The van der Waals surface area contributed by atoms with Crippen LogP contribution in [0.5, 0.6) is 0 Å². The van der Waals surface area contributed by atoms with Gasteiger partial charge in [-0.25, -0.2) is 9.97 Å². The van der Waals surface area contributed by atoms with E-state index in [-0.39, 0.29) is 12.6 Å². The first-order valence-corrected chi connectivity index (χ1v) is 11.4. The molecule has 0 bridgehead atoms. The zero-order valence-corrected chi connectivity index (χ0v) is 19.7. The second-order valence-electron chi connectivity index (χ2n) is 8.05. The lowest BCUT2D eigenvalue weighted by atomic mass is 10.1. The number of hydrogen-bond acceptors (Lipinski definition) is 6. The maximum atomic E-state index is 10.0. The first kappa shape index (κ1) is 22.8. The molecule has 1 aliphatic heterocycles. The van der Waals surface area contributed by atoms with Gasteiger partial charge in [-0.05, 0) is 37.6 Å². The molecule has 1 saturated heterocycles. The largest absolute Gasteiger partial charge is 0.390 e. The Morgan fingerprint density at radius 3 is 2.41 bits per heavy atom. The predicted octanol–water partition coefficient (Wildman–Crippen LogP) is 4.60. The van der Waals surface area contributed by atoms with Crippen molar-refractivity contribution in [2.75, 3.05) is 36.0 Å². The third-order valence-electron chi connectivity index (χ3n) is 5.82. The fourth-order valence-corrected chi connectivity index (χ4v) is 4.41. The highest BCUT2D eigenvalue weighted by Gasteiger charge is 2.23. The number of aryl methyl sites for hydroxylation is 1. The molecule has 2 aromatic carbocycles. The Morgan fingerprint density at radius 1 is 1.03 bits per heavy atom. The fraction of sp³-hybridized carbons (Fsp3) is 0.333. The van der Waals surface area contributed by atoms with E-state index >= 15 is 0 Å². The minimum absolute atomic E-state index is 0.00751. The third-order valence-corrected chi connectivity index (χ3v) is 6.64. The van der Waals surface area contributed by atoms with E-state index in [4.69, 9.17) is 38.9 Å². The summed E-state index contributed by atoms with van der Waals surface area (Å²) in [6, 6.07) is 13.8. The monoisotopic (exact) mass is 471 g/mol. The lowest BCUT2D eigenvalue weighted by Gasteiger charge is -2.37. The lowest BCUT2D eigenvalue weighted by Crippen LogP contribution is -2.47. The van der Waals surface area contributed by atoms with Crippen LogP contribution in [0.4, 0.5) is 11.5 Å². The average Bonchev–Trinajstić information content (AvgIpc) is 2.81. The molecule has 8 heteroatoms. The minimum Gasteiger partial charge on any atom is -0.390 e. The van der Waals surface area contributed by atoms with Gasteiger partial charge < -0.3 is 20.6 Å². The van der Waals surface area contributed by atoms with Gasteiger partial charge in [-0.3, -0.25) is 0 Å². The number of nitrogens with two attached hydrogens (primary N) is 1. The van der Waals surface area contributed by atoms with Gasteiger partial charge in [-0.2, -0.15) is 0 Å². The molecule has 2 heterocycles. The Kier molecular flexibility index (Phi) is 6.86. The number of hydrogen-bond donors (Lipinski definition) is 2. The van der Waals surface area contributed by atoms with Gasteiger partial charge in [-0.1, -0.05) is 47.5 Å². The first-order valence-electron chi connectivity index (χ1n) is 10.7. The zero-order chi connectivity index (χ0) is 22.8. The Balaban J connectivity index is 1.57. The Hall–Kier alpha value is -2.38. The van der Waals surface area contributed by atoms with Crippen LogP contribution in [0.25, 0.3) is 11.3 Å². The summed E-state index contributed by atoms with van der Waals surface area (Å²) in [5.41, 5.74) is 11.0. The van der Waals surface area contributed by atoms with Crippen molar-refractivity contribution >= 4 is 34.7 Å². The van der Waals surface area contributed by atoms with Gasteiger partial charge in [0.25, 0.3) is 0 Å². The normalized spacial score (nSPS) is 15.2. The molecule has 1 aromatic heterocycles. The predicted molar refractivity (Wildman–Crippen MR) is 132 cm³/mol. The van der Waals surface area contributed by atoms with E-state index in [1.54, 1.807) is 6.07 Å². The van der Waals surface area contributed by atoms with Crippen molar-refractivity contribution in [3.63, 3.8) is 0 Å². The van der Waals surface area contributed by atoms with Gasteiger partial charge in [0.1, 0.15) is 5.69 Å². The molecule has 32 heavy (non-hydrogen) atoms. The molecule has 1 atom stereocenters. The molecule has 0 saturated carbocycles. The molecule has 6 nitrogen and oxygen atoms in total. The van der Waals surface area contributed by atoms with Crippen molar-refractivity contribution in [3.05, 3.63) is 69.5 Å². The van der Waals surface area contributed by atoms with E-state index in [0.717, 1.165) is 43.3 Å². The van der Waals surface area contributed by atoms with Crippen LogP contribution in [0.3, 0.4) is 0 Å². The van der Waals surface area contributed by atoms with E-state index in [0.29, 0.717) is 27.0 Å². The molecule has 4 rings (SSSR count). The number of aromatic nitrogens is 2. The number of benzene rings is 2. The number of rotatable bonds is 5. The summed E-state index contributed by atoms with van der Waals surface area (Å²) in [4.78, 5) is 14.1. The van der Waals surface area contributed by atoms with Crippen molar-refractivity contribution in [1.29, 1.82) is 0 Å². The van der Waals surface area contributed by atoms with Crippen molar-refractivity contribution in [3.8, 4) is 11.3 Å². The first-order chi connectivity index (χ1) is 15.4. The summed E-state index contributed by atoms with van der Waals surface area (Å²) in [7, 11) is 0. The van der Waals surface area contributed by atoms with Crippen LogP contribution < -0.4 is 15.5 Å². The summed E-state index contributed by atoms with van der Waals surface area (Å²) in [5.74, 6) is 0.718. The topological polar surface area (TPSA) is 78.5 Å². The number of halogens is 2. The second-order valence-corrected chi connectivity index (χ2v) is 8.83. The molecule has 168 valence electrons. The summed E-state index contributed by atoms with van der Waals surface area (Å²) >= 11 is 12.6. The lowest BCUT2D eigenvalue weighted by molar-refractivity contribution is 0.276. The number of nitrogens with zero attached hydrogens (tertiary/aromatic N) is 4. The number of aliphatic hydroxyl groups excluding tert-OH is 1. The van der Waals surface area contributed by atoms with Crippen molar-refractivity contribution < 1.29 is 5.11 Å². The maximum Gasteiger partial charge on any atom is 0.153 e. The highest BCUT2D eigenvalue weighted by atomic mass is 35.5. The average molecular weight is 472 g/mol. The van der Waals surface area contributed by atoms with Crippen LogP contribution in [0.2, 0.25) is 10.0 Å². The van der Waals surface area contributed by atoms with Crippen molar-refractivity contribution in [1.82, 2.24) is 9.97 Å². The fourth-order valence-electron chi connectivity index (χ4n) is 4.02. The van der Waals surface area contributed by atoms with Gasteiger partial charge in [0.05, 0.1) is 28.0 Å². The van der Waals surface area contributed by atoms with Gasteiger partial charge in [0.15, 0.2) is 5.82 Å². The van der Waals surface area contributed by atoms with Crippen molar-refractivity contribution in [2.24, 2.45) is 5.73 Å². The van der Waals surface area contributed by atoms with Crippen LogP contribution in [0, 0.1) is 6.92 Å². The Labute approximate surface area is 198 Å². The molecular formula is C24H27Cl2N5O. The van der Waals surface area contributed by atoms with Crippen LogP contribution in [-0.4, -0.2) is 41.3 Å². The molecule has 1 unspecified atom stereocenters. The quantitative estimate of drug-likeness (QED) is 0.565. The van der Waals surface area contributed by atoms with Crippen molar-refractivity contribution in [2.45, 2.75) is 26.5 Å². The molecule has 0 spiro atoms. The molecule has 0 aliphatic carbocycles. The second kappa shape index (κ2) is 9.63. The van der Waals surface area contributed by atoms with Gasteiger partial charge in [0, 0.05) is 43.5 Å². The molecular weight excluding hydrogens is 445 g/mol. The third kappa shape index (κ3) is 4.55. The molecule has 1 aliphatic rings. The van der Waals surface area contributed by atoms with Crippen LogP contribution in [-0.2, 0) is 6.61 Å². The SMILES string of the molecule is Cc1nc(N2CCN(c3cccc(C(C)N)c3)CC2)c(CO)nc1-c1cccc(Cl)c1Cl. The highest BCUT2D eigenvalue weighted by molar-refractivity contribution is 6.43. The van der Waals surface area contributed by atoms with Crippen LogP contribution in [0.15, 0.2) is 42.5 Å². The standard InChI is InChI=1S/C24H27Cl2N5O/c1-15(27)17-5-3-6-18(13-17)30-9-11-31(12-10-30)24-21(14-32)29-23(16(2)28-24)19-7-4-8-20(25)22(19)26/h3-8,13,15,32H,9-12,14,27H2,1-2H3. The summed E-state index contributed by atoms with van der Waals surface area (Å²) in [5, 5.41) is 10.9. The van der Waals surface area contributed by atoms with Gasteiger partial charge >= 0.3 is 0 Å². The summed E-state index contributed by atoms with van der Waals surface area (Å²) in [6.45, 7) is 6.94.